The highest BCUT2D eigenvalue weighted by molar-refractivity contribution is 6.19. The summed E-state index contributed by atoms with van der Waals surface area (Å²) in [6, 6.07) is 10.1. The zero-order valence-electron chi connectivity index (χ0n) is 7.11. The summed E-state index contributed by atoms with van der Waals surface area (Å²) in [5.41, 5.74) is 1.13. The van der Waals surface area contributed by atoms with Crippen molar-refractivity contribution in [3.63, 3.8) is 0 Å². The highest BCUT2D eigenvalue weighted by Crippen LogP contribution is 2.20. The number of rotatable bonds is 2. The molecule has 0 aliphatic carbocycles. The molecule has 0 radical (unpaired) electrons. The summed E-state index contributed by atoms with van der Waals surface area (Å²) in [5.74, 6) is 1.26. The number of benzene rings is 1. The maximum absolute atomic E-state index is 5.64. The van der Waals surface area contributed by atoms with Crippen molar-refractivity contribution in [2.24, 2.45) is 0 Å². The minimum atomic E-state index is 0.434. The molecule has 0 amide bonds. The Bertz CT molecular complexity index is 310. The molecule has 0 atom stereocenters. The van der Waals surface area contributed by atoms with Gasteiger partial charge in [0.25, 0.3) is 0 Å². The summed E-state index contributed by atoms with van der Waals surface area (Å²) >= 11 is 5.64. The number of para-hydroxylation sites is 1. The van der Waals surface area contributed by atoms with E-state index < -0.39 is 0 Å². The Hall–Kier alpha value is -1.15. The standard InChI is InChI=1S/C10H10ClNO/c11-6-10-7-12(8-13-10)9-4-2-1-3-5-9/h1-5,7H,6,8H2. The smallest absolute Gasteiger partial charge is 0.164 e. The molecular weight excluding hydrogens is 186 g/mol. The molecular formula is C10H10ClNO. The molecule has 0 aromatic heterocycles. The number of hydrogen-bond acceptors (Lipinski definition) is 2. The van der Waals surface area contributed by atoms with Crippen molar-refractivity contribution in [3.8, 4) is 0 Å². The van der Waals surface area contributed by atoms with Crippen LogP contribution in [0.25, 0.3) is 0 Å². The normalized spacial score (nSPS) is 15.5. The van der Waals surface area contributed by atoms with Crippen LogP contribution < -0.4 is 4.90 Å². The lowest BCUT2D eigenvalue weighted by molar-refractivity contribution is 0.248. The van der Waals surface area contributed by atoms with Gasteiger partial charge in [-0.15, -0.1) is 11.6 Å². The second-order valence-electron chi connectivity index (χ2n) is 2.81. The van der Waals surface area contributed by atoms with Gasteiger partial charge in [-0.2, -0.15) is 0 Å². The molecule has 0 unspecified atom stereocenters. The molecule has 13 heavy (non-hydrogen) atoms. The van der Waals surface area contributed by atoms with Gasteiger partial charge in [0.05, 0.1) is 5.88 Å². The number of alkyl halides is 1. The molecule has 2 rings (SSSR count). The third kappa shape index (κ3) is 1.78. The van der Waals surface area contributed by atoms with Crippen molar-refractivity contribution < 1.29 is 4.74 Å². The Morgan fingerprint density at radius 3 is 2.69 bits per heavy atom. The molecule has 0 spiro atoms. The molecule has 1 aromatic rings. The topological polar surface area (TPSA) is 12.5 Å². The maximum atomic E-state index is 5.64. The van der Waals surface area contributed by atoms with Crippen LogP contribution >= 0.6 is 11.6 Å². The van der Waals surface area contributed by atoms with Gasteiger partial charge in [-0.25, -0.2) is 0 Å². The van der Waals surface area contributed by atoms with E-state index in [0.29, 0.717) is 12.6 Å². The van der Waals surface area contributed by atoms with Gasteiger partial charge in [0.2, 0.25) is 0 Å². The number of nitrogens with zero attached hydrogens (tertiary/aromatic N) is 1. The molecule has 0 saturated heterocycles. The molecule has 1 aromatic carbocycles. The maximum Gasteiger partial charge on any atom is 0.164 e. The first-order chi connectivity index (χ1) is 6.40. The average molecular weight is 196 g/mol. The fourth-order valence-corrected chi connectivity index (χ4v) is 1.39. The fraction of sp³-hybridized carbons (Fsp3) is 0.200. The quantitative estimate of drug-likeness (QED) is 0.673. The van der Waals surface area contributed by atoms with Gasteiger partial charge < -0.3 is 9.64 Å². The zero-order valence-corrected chi connectivity index (χ0v) is 7.87. The van der Waals surface area contributed by atoms with E-state index in [1.54, 1.807) is 0 Å². The van der Waals surface area contributed by atoms with Crippen molar-refractivity contribution >= 4 is 17.3 Å². The van der Waals surface area contributed by atoms with Crippen LogP contribution in [-0.2, 0) is 4.74 Å². The minimum Gasteiger partial charge on any atom is -0.474 e. The van der Waals surface area contributed by atoms with Gasteiger partial charge in [-0.05, 0) is 12.1 Å². The van der Waals surface area contributed by atoms with E-state index in [1.165, 1.54) is 0 Å². The van der Waals surface area contributed by atoms with E-state index in [9.17, 15) is 0 Å². The van der Waals surface area contributed by atoms with E-state index in [0.717, 1.165) is 11.4 Å². The lowest BCUT2D eigenvalue weighted by Crippen LogP contribution is -2.12. The number of anilines is 1. The van der Waals surface area contributed by atoms with Crippen LogP contribution in [0.15, 0.2) is 42.3 Å². The molecule has 0 N–H and O–H groups in total. The van der Waals surface area contributed by atoms with Crippen LogP contribution in [0.1, 0.15) is 0 Å². The Labute approximate surface area is 82.4 Å². The second kappa shape index (κ2) is 3.71. The SMILES string of the molecule is ClCC1=CN(c2ccccc2)CO1. The van der Waals surface area contributed by atoms with E-state index in [2.05, 4.69) is 0 Å². The third-order valence-corrected chi connectivity index (χ3v) is 2.17. The zero-order chi connectivity index (χ0) is 9.10. The van der Waals surface area contributed by atoms with Crippen LogP contribution in [0, 0.1) is 0 Å². The van der Waals surface area contributed by atoms with Crippen molar-refractivity contribution in [2.45, 2.75) is 0 Å². The number of hydrogen-bond donors (Lipinski definition) is 0. The van der Waals surface area contributed by atoms with E-state index in [-0.39, 0.29) is 0 Å². The molecule has 3 heteroatoms. The van der Waals surface area contributed by atoms with Crippen molar-refractivity contribution in [3.05, 3.63) is 42.3 Å². The monoisotopic (exact) mass is 195 g/mol. The van der Waals surface area contributed by atoms with Crippen molar-refractivity contribution in [1.29, 1.82) is 0 Å². The first-order valence-electron chi connectivity index (χ1n) is 4.11. The summed E-state index contributed by atoms with van der Waals surface area (Å²) in [6.07, 6.45) is 1.93. The lowest BCUT2D eigenvalue weighted by Gasteiger charge is -2.12. The van der Waals surface area contributed by atoms with Crippen LogP contribution in [0.3, 0.4) is 0 Å². The lowest BCUT2D eigenvalue weighted by atomic mass is 10.3. The highest BCUT2D eigenvalue weighted by atomic mass is 35.5. The van der Waals surface area contributed by atoms with Crippen molar-refractivity contribution in [1.82, 2.24) is 0 Å². The predicted octanol–water partition coefficient (Wildman–Crippen LogP) is 2.56. The number of ether oxygens (including phenoxy) is 1. The van der Waals surface area contributed by atoms with Gasteiger partial charge in [0, 0.05) is 11.9 Å². The molecule has 68 valence electrons. The molecule has 0 bridgehead atoms. The van der Waals surface area contributed by atoms with E-state index in [1.807, 2.05) is 41.4 Å². The Balaban J connectivity index is 2.16. The molecule has 1 aliphatic heterocycles. The van der Waals surface area contributed by atoms with Gasteiger partial charge in [0.15, 0.2) is 6.73 Å². The highest BCUT2D eigenvalue weighted by Gasteiger charge is 2.12. The third-order valence-electron chi connectivity index (χ3n) is 1.91. The Morgan fingerprint density at radius 1 is 1.31 bits per heavy atom. The van der Waals surface area contributed by atoms with E-state index >= 15 is 0 Å². The average Bonchev–Trinajstić information content (AvgIpc) is 2.67. The fourth-order valence-electron chi connectivity index (χ4n) is 1.24. The first kappa shape index (κ1) is 8.45. The number of allylic oxidation sites excluding steroid dienone is 1. The largest absolute Gasteiger partial charge is 0.474 e. The molecule has 1 aliphatic rings. The minimum absolute atomic E-state index is 0.434. The second-order valence-corrected chi connectivity index (χ2v) is 3.08. The van der Waals surface area contributed by atoms with Crippen LogP contribution in [0.4, 0.5) is 5.69 Å². The summed E-state index contributed by atoms with van der Waals surface area (Å²) < 4.78 is 5.32. The van der Waals surface area contributed by atoms with Crippen LogP contribution in [0.2, 0.25) is 0 Å². The van der Waals surface area contributed by atoms with Crippen LogP contribution in [-0.4, -0.2) is 12.6 Å². The van der Waals surface area contributed by atoms with Gasteiger partial charge in [0.1, 0.15) is 5.76 Å². The van der Waals surface area contributed by atoms with E-state index in [4.69, 9.17) is 16.3 Å². The summed E-state index contributed by atoms with van der Waals surface area (Å²) in [4.78, 5) is 2.03. The summed E-state index contributed by atoms with van der Waals surface area (Å²) in [5, 5.41) is 0. The Kier molecular flexibility index (Phi) is 2.41. The first-order valence-corrected chi connectivity index (χ1v) is 4.65. The summed E-state index contributed by atoms with van der Waals surface area (Å²) in [6.45, 7) is 0.562. The molecule has 2 nitrogen and oxygen atoms in total. The van der Waals surface area contributed by atoms with Gasteiger partial charge in [-0.1, -0.05) is 18.2 Å². The van der Waals surface area contributed by atoms with Crippen LogP contribution in [0.5, 0.6) is 0 Å². The molecule has 0 fully saturated rings. The van der Waals surface area contributed by atoms with Gasteiger partial charge >= 0.3 is 0 Å². The number of halogens is 1. The van der Waals surface area contributed by atoms with Crippen molar-refractivity contribution in [2.75, 3.05) is 17.5 Å². The molecule has 1 heterocycles. The summed E-state index contributed by atoms with van der Waals surface area (Å²) in [7, 11) is 0. The Morgan fingerprint density at radius 2 is 2.08 bits per heavy atom. The molecule has 0 saturated carbocycles. The van der Waals surface area contributed by atoms with Gasteiger partial charge in [-0.3, -0.25) is 0 Å². The predicted molar refractivity (Wildman–Crippen MR) is 53.7 cm³/mol.